The second-order valence-corrected chi connectivity index (χ2v) is 6.30. The Morgan fingerprint density at radius 3 is 2.78 bits per heavy atom. The highest BCUT2D eigenvalue weighted by molar-refractivity contribution is 5.79. The number of carbonyl (C=O) groups is 1. The maximum atomic E-state index is 12.6. The summed E-state index contributed by atoms with van der Waals surface area (Å²) in [7, 11) is 0. The molecule has 2 N–H and O–H groups in total. The van der Waals surface area contributed by atoms with Gasteiger partial charge in [-0.3, -0.25) is 4.79 Å². The summed E-state index contributed by atoms with van der Waals surface area (Å²) in [5, 5.41) is 0. The second-order valence-electron chi connectivity index (χ2n) is 6.30. The van der Waals surface area contributed by atoms with Crippen LogP contribution in [-0.2, 0) is 11.2 Å². The third-order valence-corrected chi connectivity index (χ3v) is 4.55. The van der Waals surface area contributed by atoms with Crippen LogP contribution in [0.15, 0.2) is 34.7 Å². The zero-order valence-electron chi connectivity index (χ0n) is 13.7. The highest BCUT2D eigenvalue weighted by Crippen LogP contribution is 2.25. The highest BCUT2D eigenvalue weighted by atomic mass is 16.4. The molecule has 0 spiro atoms. The molecule has 1 aliphatic rings. The number of oxazole rings is 1. The molecule has 2 unspecified atom stereocenters. The highest BCUT2D eigenvalue weighted by Gasteiger charge is 2.32. The van der Waals surface area contributed by atoms with Gasteiger partial charge in [0.15, 0.2) is 0 Å². The lowest BCUT2D eigenvalue weighted by Crippen LogP contribution is -2.35. The number of benzene rings is 1. The van der Waals surface area contributed by atoms with E-state index < -0.39 is 0 Å². The van der Waals surface area contributed by atoms with Gasteiger partial charge in [-0.25, -0.2) is 4.98 Å². The van der Waals surface area contributed by atoms with Crippen LogP contribution in [0.3, 0.4) is 0 Å². The zero-order chi connectivity index (χ0) is 16.4. The molecule has 122 valence electrons. The molecule has 5 nitrogen and oxygen atoms in total. The summed E-state index contributed by atoms with van der Waals surface area (Å²) in [6.45, 7) is 5.32. The van der Waals surface area contributed by atoms with Crippen molar-refractivity contribution >= 4 is 5.91 Å². The quantitative estimate of drug-likeness (QED) is 0.940. The van der Waals surface area contributed by atoms with Gasteiger partial charge >= 0.3 is 0 Å². The number of rotatable bonds is 4. The fourth-order valence-corrected chi connectivity index (χ4v) is 3.20. The number of likely N-dealkylation sites (tertiary alicyclic amines) is 1. The molecule has 1 aliphatic heterocycles. The summed E-state index contributed by atoms with van der Waals surface area (Å²) >= 11 is 0. The lowest BCUT2D eigenvalue weighted by molar-refractivity contribution is -0.131. The van der Waals surface area contributed by atoms with E-state index in [2.05, 4.69) is 11.9 Å². The van der Waals surface area contributed by atoms with Crippen LogP contribution in [0.1, 0.15) is 24.8 Å². The first-order valence-electron chi connectivity index (χ1n) is 8.09. The second kappa shape index (κ2) is 6.54. The normalized spacial score (nSPS) is 20.9. The third-order valence-electron chi connectivity index (χ3n) is 4.55. The van der Waals surface area contributed by atoms with Gasteiger partial charge < -0.3 is 15.1 Å². The number of aryl methyl sites for hydroxylation is 1. The molecule has 0 bridgehead atoms. The predicted molar refractivity (Wildman–Crippen MR) is 88.7 cm³/mol. The van der Waals surface area contributed by atoms with E-state index in [1.54, 1.807) is 0 Å². The number of hydrogen-bond acceptors (Lipinski definition) is 4. The topological polar surface area (TPSA) is 72.4 Å². The van der Waals surface area contributed by atoms with Crippen molar-refractivity contribution in [2.45, 2.75) is 32.7 Å². The van der Waals surface area contributed by atoms with Gasteiger partial charge in [-0.05, 0) is 44.9 Å². The van der Waals surface area contributed by atoms with Gasteiger partial charge in [0.25, 0.3) is 0 Å². The van der Waals surface area contributed by atoms with Crippen LogP contribution in [-0.4, -0.2) is 34.9 Å². The molecule has 0 aliphatic carbocycles. The van der Waals surface area contributed by atoms with Gasteiger partial charge in [0, 0.05) is 18.2 Å². The van der Waals surface area contributed by atoms with Crippen molar-refractivity contribution in [1.82, 2.24) is 9.88 Å². The maximum absolute atomic E-state index is 12.6. The molecule has 1 amide bonds. The molecule has 1 aromatic heterocycles. The van der Waals surface area contributed by atoms with E-state index in [9.17, 15) is 4.79 Å². The Morgan fingerprint density at radius 2 is 2.13 bits per heavy atom. The summed E-state index contributed by atoms with van der Waals surface area (Å²) in [6, 6.07) is 9.98. The summed E-state index contributed by atoms with van der Waals surface area (Å²) in [4.78, 5) is 19.0. The number of nitrogens with two attached hydrogens (primary N) is 1. The fraction of sp³-hybridized carbons (Fsp3) is 0.444. The molecule has 0 saturated carbocycles. The van der Waals surface area contributed by atoms with E-state index in [1.165, 1.54) is 0 Å². The van der Waals surface area contributed by atoms with Crippen molar-refractivity contribution in [3.05, 3.63) is 41.8 Å². The Balaban J connectivity index is 1.73. The first-order chi connectivity index (χ1) is 11.1. The monoisotopic (exact) mass is 313 g/mol. The first kappa shape index (κ1) is 15.7. The molecule has 2 heterocycles. The molecule has 1 saturated heterocycles. The van der Waals surface area contributed by atoms with Crippen molar-refractivity contribution in [3.8, 4) is 11.5 Å². The van der Waals surface area contributed by atoms with Gasteiger partial charge in [0.05, 0.1) is 12.1 Å². The number of aromatic nitrogens is 1. The molecule has 1 aromatic carbocycles. The minimum Gasteiger partial charge on any atom is -0.441 e. The standard InChI is InChI=1S/C18H23N3O2/c1-12-8-14(10-19)11-21(12)17(22)9-16-13(2)23-18(20-16)15-6-4-3-5-7-15/h3-7,12,14H,8-11,19H2,1-2H3. The van der Waals surface area contributed by atoms with E-state index in [1.807, 2.05) is 42.2 Å². The van der Waals surface area contributed by atoms with Crippen molar-refractivity contribution < 1.29 is 9.21 Å². The summed E-state index contributed by atoms with van der Waals surface area (Å²) < 4.78 is 5.73. The van der Waals surface area contributed by atoms with E-state index in [0.717, 1.165) is 24.2 Å². The van der Waals surface area contributed by atoms with Crippen LogP contribution in [0.25, 0.3) is 11.5 Å². The van der Waals surface area contributed by atoms with Gasteiger partial charge in [0.1, 0.15) is 5.76 Å². The number of amides is 1. The Kier molecular flexibility index (Phi) is 4.48. The molecule has 5 heteroatoms. The van der Waals surface area contributed by atoms with E-state index in [0.29, 0.717) is 24.1 Å². The third kappa shape index (κ3) is 3.29. The van der Waals surface area contributed by atoms with Crippen molar-refractivity contribution in [2.24, 2.45) is 11.7 Å². The minimum atomic E-state index is 0.101. The smallest absolute Gasteiger partial charge is 0.228 e. The van der Waals surface area contributed by atoms with Gasteiger partial charge in [-0.15, -0.1) is 0 Å². The maximum Gasteiger partial charge on any atom is 0.228 e. The summed E-state index contributed by atoms with van der Waals surface area (Å²) in [5.41, 5.74) is 7.38. The van der Waals surface area contributed by atoms with Crippen molar-refractivity contribution in [1.29, 1.82) is 0 Å². The van der Waals surface area contributed by atoms with Crippen LogP contribution in [0.2, 0.25) is 0 Å². The minimum absolute atomic E-state index is 0.101. The van der Waals surface area contributed by atoms with E-state index >= 15 is 0 Å². The average Bonchev–Trinajstić information content (AvgIpc) is 3.11. The van der Waals surface area contributed by atoms with Gasteiger partial charge in [-0.2, -0.15) is 0 Å². The number of carbonyl (C=O) groups excluding carboxylic acids is 1. The Bertz CT molecular complexity index is 681. The number of nitrogens with zero attached hydrogens (tertiary/aromatic N) is 2. The molecule has 2 aromatic rings. The van der Waals surface area contributed by atoms with Crippen LogP contribution in [0, 0.1) is 12.8 Å². The van der Waals surface area contributed by atoms with Crippen molar-refractivity contribution in [2.75, 3.05) is 13.1 Å². The lowest BCUT2D eigenvalue weighted by atomic mass is 10.1. The zero-order valence-corrected chi connectivity index (χ0v) is 13.7. The van der Waals surface area contributed by atoms with E-state index in [-0.39, 0.29) is 18.4 Å². The number of hydrogen-bond donors (Lipinski definition) is 1. The van der Waals surface area contributed by atoms with Crippen LogP contribution >= 0.6 is 0 Å². The average molecular weight is 313 g/mol. The molecule has 0 radical (unpaired) electrons. The molecule has 3 rings (SSSR count). The SMILES string of the molecule is Cc1oc(-c2ccccc2)nc1CC(=O)N1CC(CN)CC1C. The summed E-state index contributed by atoms with van der Waals surface area (Å²) in [5.74, 6) is 1.79. The van der Waals surface area contributed by atoms with Gasteiger partial charge in [0.2, 0.25) is 11.8 Å². The molecular weight excluding hydrogens is 290 g/mol. The van der Waals surface area contributed by atoms with Crippen LogP contribution < -0.4 is 5.73 Å². The Morgan fingerprint density at radius 1 is 1.39 bits per heavy atom. The van der Waals surface area contributed by atoms with Crippen molar-refractivity contribution in [3.63, 3.8) is 0 Å². The van der Waals surface area contributed by atoms with Gasteiger partial charge in [-0.1, -0.05) is 18.2 Å². The largest absolute Gasteiger partial charge is 0.441 e. The molecule has 23 heavy (non-hydrogen) atoms. The molecule has 2 atom stereocenters. The predicted octanol–water partition coefficient (Wildman–Crippen LogP) is 2.39. The van der Waals surface area contributed by atoms with Crippen LogP contribution in [0.5, 0.6) is 0 Å². The Hall–Kier alpha value is -2.14. The first-order valence-corrected chi connectivity index (χ1v) is 8.09. The fourth-order valence-electron chi connectivity index (χ4n) is 3.20. The Labute approximate surface area is 136 Å². The van der Waals surface area contributed by atoms with Crippen LogP contribution in [0.4, 0.5) is 0 Å². The molecule has 1 fully saturated rings. The lowest BCUT2D eigenvalue weighted by Gasteiger charge is -2.21. The molecular formula is C18H23N3O2. The summed E-state index contributed by atoms with van der Waals surface area (Å²) in [6.07, 6.45) is 1.26. The van der Waals surface area contributed by atoms with E-state index in [4.69, 9.17) is 10.2 Å².